The number of aromatic amines is 1. The fourth-order valence-corrected chi connectivity index (χ4v) is 4.56. The number of nitrogens with zero attached hydrogens (tertiary/aromatic N) is 3. The van der Waals surface area contributed by atoms with E-state index in [1.807, 2.05) is 84.4 Å². The first kappa shape index (κ1) is 21.8. The van der Waals surface area contributed by atoms with E-state index in [-0.39, 0.29) is 11.7 Å². The number of H-pyrrole nitrogens is 1. The Bertz CT molecular complexity index is 1460. The summed E-state index contributed by atoms with van der Waals surface area (Å²) in [5, 5.41) is 13.6. The molecule has 0 saturated heterocycles. The smallest absolute Gasteiger partial charge is 0.234 e. The molecule has 8 heteroatoms. The maximum atomic E-state index is 12.6. The molecule has 0 saturated carbocycles. The molecule has 0 unspecified atom stereocenters. The van der Waals surface area contributed by atoms with Crippen LogP contribution in [0.1, 0.15) is 5.56 Å². The maximum Gasteiger partial charge on any atom is 0.234 e. The van der Waals surface area contributed by atoms with Crippen LogP contribution in [-0.2, 0) is 4.79 Å². The number of anilines is 1. The summed E-state index contributed by atoms with van der Waals surface area (Å²) in [5.41, 5.74) is 4.71. The van der Waals surface area contributed by atoms with Gasteiger partial charge in [-0.15, -0.1) is 10.2 Å². The fraction of sp³-hybridized carbons (Fsp3) is 0.115. The van der Waals surface area contributed by atoms with E-state index < -0.39 is 0 Å². The third-order valence-corrected chi connectivity index (χ3v) is 6.36. The van der Waals surface area contributed by atoms with Crippen molar-refractivity contribution >= 4 is 34.3 Å². The van der Waals surface area contributed by atoms with Gasteiger partial charge in [-0.25, -0.2) is 0 Å². The predicted molar refractivity (Wildman–Crippen MR) is 136 cm³/mol. The van der Waals surface area contributed by atoms with Crippen LogP contribution in [0, 0.1) is 6.92 Å². The Balaban J connectivity index is 1.47. The van der Waals surface area contributed by atoms with Crippen molar-refractivity contribution in [1.82, 2.24) is 19.7 Å². The van der Waals surface area contributed by atoms with Gasteiger partial charge in [0, 0.05) is 34.0 Å². The van der Waals surface area contributed by atoms with Crippen LogP contribution in [0.4, 0.5) is 5.69 Å². The first-order valence-electron chi connectivity index (χ1n) is 10.8. The number of ether oxygens (including phenoxy) is 1. The first-order valence-corrected chi connectivity index (χ1v) is 11.8. The number of carbonyl (C=O) groups excluding carboxylic acids is 1. The zero-order chi connectivity index (χ0) is 23.5. The average Bonchev–Trinajstić information content (AvgIpc) is 3.47. The minimum Gasteiger partial charge on any atom is -0.497 e. The van der Waals surface area contributed by atoms with Crippen molar-refractivity contribution in [3.63, 3.8) is 0 Å². The monoisotopic (exact) mass is 469 g/mol. The molecule has 0 fully saturated rings. The van der Waals surface area contributed by atoms with E-state index in [1.54, 1.807) is 7.11 Å². The van der Waals surface area contributed by atoms with Gasteiger partial charge in [-0.1, -0.05) is 42.1 Å². The van der Waals surface area contributed by atoms with Gasteiger partial charge in [-0.05, 0) is 55.0 Å². The van der Waals surface area contributed by atoms with E-state index in [4.69, 9.17) is 4.74 Å². The molecule has 170 valence electrons. The van der Waals surface area contributed by atoms with Crippen molar-refractivity contribution in [2.24, 2.45) is 0 Å². The van der Waals surface area contributed by atoms with E-state index >= 15 is 0 Å². The maximum absolute atomic E-state index is 12.6. The minimum atomic E-state index is -0.103. The van der Waals surface area contributed by atoms with Crippen molar-refractivity contribution in [1.29, 1.82) is 0 Å². The van der Waals surface area contributed by atoms with Crippen LogP contribution in [0.3, 0.4) is 0 Å². The summed E-state index contributed by atoms with van der Waals surface area (Å²) in [4.78, 5) is 15.9. The SMILES string of the molecule is COc1ccc(-n2c(SCC(=O)Nc3cccc(C)c3)nnc2-c2c[nH]c3ccccc23)cc1. The minimum absolute atomic E-state index is 0.103. The van der Waals surface area contributed by atoms with Crippen LogP contribution in [-0.4, -0.2) is 38.5 Å². The lowest BCUT2D eigenvalue weighted by Crippen LogP contribution is -2.14. The molecule has 0 bridgehead atoms. The second-order valence-corrected chi connectivity index (χ2v) is 8.74. The van der Waals surface area contributed by atoms with E-state index in [9.17, 15) is 4.79 Å². The van der Waals surface area contributed by atoms with Crippen LogP contribution in [0.25, 0.3) is 28.0 Å². The van der Waals surface area contributed by atoms with Crippen molar-refractivity contribution in [3.05, 3.63) is 84.6 Å². The second-order valence-electron chi connectivity index (χ2n) is 7.79. The molecular formula is C26H23N5O2S. The number of aryl methyl sites for hydroxylation is 1. The predicted octanol–water partition coefficient (Wildman–Crippen LogP) is 5.46. The molecule has 1 amide bonds. The molecule has 0 aliphatic rings. The molecule has 0 aliphatic heterocycles. The third kappa shape index (κ3) is 4.40. The Morgan fingerprint density at radius 2 is 1.88 bits per heavy atom. The Hall–Kier alpha value is -4.04. The number of nitrogens with one attached hydrogen (secondary N) is 2. The number of hydrogen-bond acceptors (Lipinski definition) is 5. The summed E-state index contributed by atoms with van der Waals surface area (Å²) < 4.78 is 7.29. The number of benzene rings is 3. The number of rotatable bonds is 7. The van der Waals surface area contributed by atoms with Gasteiger partial charge >= 0.3 is 0 Å². The van der Waals surface area contributed by atoms with Crippen molar-refractivity contribution < 1.29 is 9.53 Å². The number of fused-ring (bicyclic) bond motifs is 1. The molecule has 0 radical (unpaired) electrons. The van der Waals surface area contributed by atoms with E-state index in [2.05, 4.69) is 26.6 Å². The zero-order valence-corrected chi connectivity index (χ0v) is 19.6. The summed E-state index contributed by atoms with van der Waals surface area (Å²) in [6.45, 7) is 1.99. The summed E-state index contributed by atoms with van der Waals surface area (Å²) in [7, 11) is 1.64. The molecule has 7 nitrogen and oxygen atoms in total. The highest BCUT2D eigenvalue weighted by Crippen LogP contribution is 2.33. The second kappa shape index (κ2) is 9.44. The molecule has 5 aromatic rings. The lowest BCUT2D eigenvalue weighted by Gasteiger charge is -2.11. The van der Waals surface area contributed by atoms with Crippen molar-refractivity contribution in [2.75, 3.05) is 18.2 Å². The number of thioether (sulfide) groups is 1. The average molecular weight is 470 g/mol. The van der Waals surface area contributed by atoms with E-state index in [0.29, 0.717) is 11.0 Å². The highest BCUT2D eigenvalue weighted by Gasteiger charge is 2.20. The van der Waals surface area contributed by atoms with Gasteiger partial charge in [0.25, 0.3) is 0 Å². The third-order valence-electron chi connectivity index (χ3n) is 5.43. The topological polar surface area (TPSA) is 84.8 Å². The quantitative estimate of drug-likeness (QED) is 0.309. The number of para-hydroxylation sites is 1. The van der Waals surface area contributed by atoms with Gasteiger partial charge in [-0.3, -0.25) is 9.36 Å². The van der Waals surface area contributed by atoms with Crippen LogP contribution in [0.5, 0.6) is 5.75 Å². The molecule has 5 rings (SSSR count). The van der Waals surface area contributed by atoms with Gasteiger partial charge in [0.1, 0.15) is 5.75 Å². The molecule has 0 atom stereocenters. The van der Waals surface area contributed by atoms with Crippen LogP contribution < -0.4 is 10.1 Å². The normalized spacial score (nSPS) is 11.0. The standard InChI is InChI=1S/C26H23N5O2S/c1-17-6-5-7-18(14-17)28-24(32)16-34-26-30-29-25(22-15-27-23-9-4-3-8-21(22)23)31(26)19-10-12-20(33-2)13-11-19/h3-15,27H,16H2,1-2H3,(H,28,32). The zero-order valence-electron chi connectivity index (χ0n) is 18.8. The van der Waals surface area contributed by atoms with E-state index in [1.165, 1.54) is 11.8 Å². The lowest BCUT2D eigenvalue weighted by atomic mass is 10.1. The largest absolute Gasteiger partial charge is 0.497 e. The van der Waals surface area contributed by atoms with E-state index in [0.717, 1.165) is 39.2 Å². The molecule has 0 aliphatic carbocycles. The summed E-state index contributed by atoms with van der Waals surface area (Å²) in [6, 6.07) is 23.5. The Morgan fingerprint density at radius 1 is 1.06 bits per heavy atom. The lowest BCUT2D eigenvalue weighted by molar-refractivity contribution is -0.113. The summed E-state index contributed by atoms with van der Waals surface area (Å²) >= 11 is 1.34. The number of amides is 1. The van der Waals surface area contributed by atoms with Gasteiger partial charge in [-0.2, -0.15) is 0 Å². The van der Waals surface area contributed by atoms with Gasteiger partial charge in [0.05, 0.1) is 12.9 Å². The van der Waals surface area contributed by atoms with Gasteiger partial charge in [0.2, 0.25) is 5.91 Å². The Kier molecular flexibility index (Phi) is 6.05. The molecule has 3 aromatic carbocycles. The molecule has 2 N–H and O–H groups in total. The van der Waals surface area contributed by atoms with Crippen molar-refractivity contribution in [2.45, 2.75) is 12.1 Å². The highest BCUT2D eigenvalue weighted by molar-refractivity contribution is 7.99. The Labute approximate surface area is 201 Å². The Morgan fingerprint density at radius 3 is 2.68 bits per heavy atom. The molecule has 0 spiro atoms. The van der Waals surface area contributed by atoms with Crippen LogP contribution >= 0.6 is 11.8 Å². The summed E-state index contributed by atoms with van der Waals surface area (Å²) in [6.07, 6.45) is 1.94. The summed E-state index contributed by atoms with van der Waals surface area (Å²) in [5.74, 6) is 1.56. The van der Waals surface area contributed by atoms with Crippen LogP contribution in [0.15, 0.2) is 84.1 Å². The fourth-order valence-electron chi connectivity index (χ4n) is 3.81. The number of aromatic nitrogens is 4. The number of methoxy groups -OCH3 is 1. The molecule has 2 heterocycles. The molecule has 34 heavy (non-hydrogen) atoms. The van der Waals surface area contributed by atoms with Crippen LogP contribution in [0.2, 0.25) is 0 Å². The molecule has 2 aromatic heterocycles. The molecular weight excluding hydrogens is 446 g/mol. The highest BCUT2D eigenvalue weighted by atomic mass is 32.2. The van der Waals surface area contributed by atoms with Gasteiger partial charge < -0.3 is 15.0 Å². The van der Waals surface area contributed by atoms with Crippen molar-refractivity contribution in [3.8, 4) is 22.8 Å². The number of carbonyl (C=O) groups is 1. The van der Waals surface area contributed by atoms with Gasteiger partial charge in [0.15, 0.2) is 11.0 Å². The number of hydrogen-bond donors (Lipinski definition) is 2. The first-order chi connectivity index (χ1) is 16.6.